The highest BCUT2D eigenvalue weighted by Gasteiger charge is 2.22. The summed E-state index contributed by atoms with van der Waals surface area (Å²) in [6, 6.07) is 1.56. The summed E-state index contributed by atoms with van der Waals surface area (Å²) in [6.45, 7) is 10.6. The number of hydrogen-bond acceptors (Lipinski definition) is 2. The Hall–Kier alpha value is -0.0800. The van der Waals surface area contributed by atoms with Gasteiger partial charge in [0.2, 0.25) is 0 Å². The fraction of sp³-hybridized carbons (Fsp3) is 1.00. The molecule has 15 heavy (non-hydrogen) atoms. The smallest absolute Gasteiger partial charge is 0.00931 e. The van der Waals surface area contributed by atoms with Crippen molar-refractivity contribution in [1.29, 1.82) is 0 Å². The molecule has 0 aliphatic carbocycles. The number of nitrogens with zero attached hydrogens (tertiary/aromatic N) is 1. The quantitative estimate of drug-likeness (QED) is 0.698. The van der Waals surface area contributed by atoms with Gasteiger partial charge in [0.05, 0.1) is 0 Å². The predicted molar refractivity (Wildman–Crippen MR) is 67.3 cm³/mol. The number of nitrogens with one attached hydrogen (secondary N) is 1. The summed E-state index contributed by atoms with van der Waals surface area (Å²) < 4.78 is 0. The zero-order valence-electron chi connectivity index (χ0n) is 10.8. The van der Waals surface area contributed by atoms with E-state index in [1.165, 1.54) is 51.7 Å². The first-order valence-electron chi connectivity index (χ1n) is 6.75. The Kier molecular flexibility index (Phi) is 6.26. The van der Waals surface area contributed by atoms with E-state index in [1.54, 1.807) is 0 Å². The highest BCUT2D eigenvalue weighted by molar-refractivity contribution is 4.78. The van der Waals surface area contributed by atoms with Crippen LogP contribution in [0.2, 0.25) is 0 Å². The average molecular weight is 212 g/mol. The van der Waals surface area contributed by atoms with Crippen LogP contribution in [0.4, 0.5) is 0 Å². The van der Waals surface area contributed by atoms with Crippen LogP contribution >= 0.6 is 0 Å². The molecule has 0 bridgehead atoms. The minimum Gasteiger partial charge on any atom is -0.314 e. The third-order valence-corrected chi connectivity index (χ3v) is 3.56. The van der Waals surface area contributed by atoms with Crippen LogP contribution in [0.1, 0.15) is 52.9 Å². The molecule has 1 aliphatic heterocycles. The summed E-state index contributed by atoms with van der Waals surface area (Å²) in [5.74, 6) is 0. The van der Waals surface area contributed by atoms with Crippen LogP contribution in [0.3, 0.4) is 0 Å². The molecule has 1 N–H and O–H groups in total. The summed E-state index contributed by atoms with van der Waals surface area (Å²) in [7, 11) is 0. The second-order valence-corrected chi connectivity index (χ2v) is 4.88. The molecule has 1 fully saturated rings. The Morgan fingerprint density at radius 1 is 1.40 bits per heavy atom. The average Bonchev–Trinajstić information content (AvgIpc) is 2.70. The first-order chi connectivity index (χ1) is 7.27. The second-order valence-electron chi connectivity index (χ2n) is 4.88. The first kappa shape index (κ1) is 13.0. The van der Waals surface area contributed by atoms with Gasteiger partial charge in [-0.15, -0.1) is 0 Å². The largest absolute Gasteiger partial charge is 0.314 e. The lowest BCUT2D eigenvalue weighted by Gasteiger charge is -2.25. The SMILES string of the molecule is CCCNC(C)CCN1CCCC1CC. The summed E-state index contributed by atoms with van der Waals surface area (Å²) in [4.78, 5) is 2.68. The van der Waals surface area contributed by atoms with Crippen LogP contribution in [0, 0.1) is 0 Å². The minimum atomic E-state index is 0.683. The maximum atomic E-state index is 3.56. The number of hydrogen-bond donors (Lipinski definition) is 1. The molecule has 0 saturated carbocycles. The molecular weight excluding hydrogens is 184 g/mol. The molecule has 90 valence electrons. The van der Waals surface area contributed by atoms with E-state index in [9.17, 15) is 0 Å². The number of rotatable bonds is 7. The molecule has 2 heteroatoms. The molecule has 1 aliphatic rings. The zero-order valence-corrected chi connectivity index (χ0v) is 10.8. The van der Waals surface area contributed by atoms with Crippen molar-refractivity contribution in [3.05, 3.63) is 0 Å². The van der Waals surface area contributed by atoms with Gasteiger partial charge in [0.25, 0.3) is 0 Å². The number of likely N-dealkylation sites (tertiary alicyclic amines) is 1. The Morgan fingerprint density at radius 2 is 2.20 bits per heavy atom. The lowest BCUT2D eigenvalue weighted by atomic mass is 10.1. The van der Waals surface area contributed by atoms with Crippen molar-refractivity contribution in [3.63, 3.8) is 0 Å². The van der Waals surface area contributed by atoms with Gasteiger partial charge in [-0.05, 0) is 58.7 Å². The van der Waals surface area contributed by atoms with E-state index in [-0.39, 0.29) is 0 Å². The van der Waals surface area contributed by atoms with Crippen LogP contribution in [-0.4, -0.2) is 36.6 Å². The summed E-state index contributed by atoms with van der Waals surface area (Å²) in [5, 5.41) is 3.56. The van der Waals surface area contributed by atoms with Crippen molar-refractivity contribution < 1.29 is 0 Å². The molecule has 0 radical (unpaired) electrons. The molecule has 0 aromatic rings. The molecule has 2 unspecified atom stereocenters. The normalized spacial score (nSPS) is 24.6. The fourth-order valence-corrected chi connectivity index (χ4v) is 2.50. The van der Waals surface area contributed by atoms with E-state index in [2.05, 4.69) is 31.0 Å². The highest BCUT2D eigenvalue weighted by atomic mass is 15.2. The molecule has 1 rings (SSSR count). The van der Waals surface area contributed by atoms with Gasteiger partial charge in [-0.3, -0.25) is 0 Å². The minimum absolute atomic E-state index is 0.683. The van der Waals surface area contributed by atoms with E-state index in [0.717, 1.165) is 6.04 Å². The van der Waals surface area contributed by atoms with E-state index in [1.807, 2.05) is 0 Å². The zero-order chi connectivity index (χ0) is 11.1. The third kappa shape index (κ3) is 4.52. The molecule has 1 heterocycles. The lowest BCUT2D eigenvalue weighted by Crippen LogP contribution is -2.35. The van der Waals surface area contributed by atoms with Crippen molar-refractivity contribution in [2.75, 3.05) is 19.6 Å². The van der Waals surface area contributed by atoms with Crippen molar-refractivity contribution >= 4 is 0 Å². The molecule has 0 aromatic heterocycles. The molecule has 2 atom stereocenters. The molecule has 0 aromatic carbocycles. The predicted octanol–water partition coefficient (Wildman–Crippen LogP) is 2.64. The maximum Gasteiger partial charge on any atom is 0.00931 e. The highest BCUT2D eigenvalue weighted by Crippen LogP contribution is 2.19. The monoisotopic (exact) mass is 212 g/mol. The van der Waals surface area contributed by atoms with Crippen molar-refractivity contribution in [3.8, 4) is 0 Å². The van der Waals surface area contributed by atoms with Gasteiger partial charge in [0.1, 0.15) is 0 Å². The van der Waals surface area contributed by atoms with Gasteiger partial charge in [-0.1, -0.05) is 13.8 Å². The topological polar surface area (TPSA) is 15.3 Å². The van der Waals surface area contributed by atoms with Gasteiger partial charge in [0, 0.05) is 12.1 Å². The van der Waals surface area contributed by atoms with E-state index >= 15 is 0 Å². The van der Waals surface area contributed by atoms with Crippen LogP contribution in [-0.2, 0) is 0 Å². The maximum absolute atomic E-state index is 3.56. The van der Waals surface area contributed by atoms with Gasteiger partial charge in [0.15, 0.2) is 0 Å². The molecule has 2 nitrogen and oxygen atoms in total. The standard InChI is InChI=1S/C13H28N2/c1-4-9-14-12(3)8-11-15-10-6-7-13(15)5-2/h12-14H,4-11H2,1-3H3. The van der Waals surface area contributed by atoms with Crippen LogP contribution in [0.15, 0.2) is 0 Å². The van der Waals surface area contributed by atoms with Gasteiger partial charge in [-0.25, -0.2) is 0 Å². The van der Waals surface area contributed by atoms with Gasteiger partial charge >= 0.3 is 0 Å². The van der Waals surface area contributed by atoms with Crippen molar-refractivity contribution in [2.45, 2.75) is 65.0 Å². The Balaban J connectivity index is 2.12. The summed E-state index contributed by atoms with van der Waals surface area (Å²) in [6.07, 6.45) is 6.71. The van der Waals surface area contributed by atoms with Crippen LogP contribution in [0.5, 0.6) is 0 Å². The third-order valence-electron chi connectivity index (χ3n) is 3.56. The van der Waals surface area contributed by atoms with Crippen LogP contribution < -0.4 is 5.32 Å². The fourth-order valence-electron chi connectivity index (χ4n) is 2.50. The van der Waals surface area contributed by atoms with Crippen LogP contribution in [0.25, 0.3) is 0 Å². The molecule has 1 saturated heterocycles. The van der Waals surface area contributed by atoms with Gasteiger partial charge < -0.3 is 10.2 Å². The summed E-state index contributed by atoms with van der Waals surface area (Å²) in [5.41, 5.74) is 0. The van der Waals surface area contributed by atoms with E-state index in [4.69, 9.17) is 0 Å². The first-order valence-corrected chi connectivity index (χ1v) is 6.75. The Bertz CT molecular complexity index is 159. The molecular formula is C13H28N2. The van der Waals surface area contributed by atoms with Crippen molar-refractivity contribution in [1.82, 2.24) is 10.2 Å². The van der Waals surface area contributed by atoms with E-state index in [0.29, 0.717) is 6.04 Å². The second kappa shape index (κ2) is 7.24. The van der Waals surface area contributed by atoms with Gasteiger partial charge in [-0.2, -0.15) is 0 Å². The molecule has 0 spiro atoms. The Labute approximate surface area is 95.4 Å². The van der Waals surface area contributed by atoms with E-state index < -0.39 is 0 Å². The Morgan fingerprint density at radius 3 is 2.87 bits per heavy atom. The van der Waals surface area contributed by atoms with Crippen molar-refractivity contribution in [2.24, 2.45) is 0 Å². The molecule has 0 amide bonds. The summed E-state index contributed by atoms with van der Waals surface area (Å²) >= 11 is 0. The lowest BCUT2D eigenvalue weighted by molar-refractivity contribution is 0.236.